The second-order valence-electron chi connectivity index (χ2n) is 3.04. The van der Waals surface area contributed by atoms with E-state index in [1.54, 1.807) is 0 Å². The van der Waals surface area contributed by atoms with Crippen LogP contribution in [0.1, 0.15) is 0 Å². The van der Waals surface area contributed by atoms with Gasteiger partial charge in [-0.1, -0.05) is 0 Å². The molecular weight excluding hydrogens is 180 g/mol. The van der Waals surface area contributed by atoms with Crippen LogP contribution in [0.15, 0.2) is 4.99 Å². The van der Waals surface area contributed by atoms with E-state index in [0.717, 1.165) is 24.1 Å². The number of quaternary nitrogens is 1. The molecule has 0 unspecified atom stereocenters. The maximum atomic E-state index is 5.62. The summed E-state index contributed by atoms with van der Waals surface area (Å²) in [5.74, 6) is 0.689. The molecule has 0 atom stereocenters. The predicted molar refractivity (Wildman–Crippen MR) is 52.5 cm³/mol. The molecule has 0 aliphatic heterocycles. The summed E-state index contributed by atoms with van der Waals surface area (Å²) in [6.07, 6.45) is 0. The van der Waals surface area contributed by atoms with Gasteiger partial charge in [0.2, 0.25) is 0 Å². The van der Waals surface area contributed by atoms with Crippen molar-refractivity contribution in [3.05, 3.63) is 0 Å². The lowest BCUT2D eigenvalue weighted by atomic mass is 10.4. The van der Waals surface area contributed by atoms with Crippen molar-refractivity contribution in [2.24, 2.45) is 4.99 Å². The Hall–Kier alpha value is 0.0500. The first-order valence-corrected chi connectivity index (χ1v) is 4.48. The van der Waals surface area contributed by atoms with Crippen molar-refractivity contribution < 1.29 is 4.48 Å². The van der Waals surface area contributed by atoms with E-state index in [1.165, 1.54) is 0 Å². The van der Waals surface area contributed by atoms with Crippen molar-refractivity contribution >= 4 is 29.0 Å². The van der Waals surface area contributed by atoms with E-state index in [-0.39, 0.29) is 0 Å². The SMILES string of the molecule is C[N+](C)(CCCl)CCN=C=S. The zero-order valence-electron chi connectivity index (χ0n) is 7.01. The molecule has 0 bridgehead atoms. The first-order valence-electron chi connectivity index (χ1n) is 3.54. The normalized spacial score (nSPS) is 10.8. The molecule has 0 spiro atoms. The Bertz CT molecular complexity index is 153. The summed E-state index contributed by atoms with van der Waals surface area (Å²) in [6.45, 7) is 2.68. The van der Waals surface area contributed by atoms with Crippen LogP contribution in [0.25, 0.3) is 0 Å². The van der Waals surface area contributed by atoms with Crippen LogP contribution in [0.4, 0.5) is 0 Å². The van der Waals surface area contributed by atoms with Crippen molar-refractivity contribution in [3.8, 4) is 0 Å². The van der Waals surface area contributed by atoms with Gasteiger partial charge in [-0.05, 0) is 12.2 Å². The van der Waals surface area contributed by atoms with Crippen LogP contribution in [-0.4, -0.2) is 49.3 Å². The first-order chi connectivity index (χ1) is 5.12. The molecule has 0 saturated heterocycles. The van der Waals surface area contributed by atoms with Gasteiger partial charge in [-0.15, -0.1) is 11.6 Å². The molecule has 64 valence electrons. The highest BCUT2D eigenvalue weighted by molar-refractivity contribution is 7.78. The summed E-state index contributed by atoms with van der Waals surface area (Å²) in [7, 11) is 4.25. The molecule has 0 saturated carbocycles. The van der Waals surface area contributed by atoms with Gasteiger partial charge in [-0.3, -0.25) is 0 Å². The van der Waals surface area contributed by atoms with Crippen LogP contribution < -0.4 is 0 Å². The van der Waals surface area contributed by atoms with Gasteiger partial charge in [0.05, 0.1) is 44.8 Å². The molecule has 0 aliphatic rings. The summed E-state index contributed by atoms with van der Waals surface area (Å²) in [4.78, 5) is 3.85. The molecule has 0 aromatic rings. The molecule has 2 nitrogen and oxygen atoms in total. The van der Waals surface area contributed by atoms with Crippen LogP contribution in [0, 0.1) is 0 Å². The summed E-state index contributed by atoms with van der Waals surface area (Å²) >= 11 is 10.1. The maximum absolute atomic E-state index is 5.62. The van der Waals surface area contributed by atoms with Crippen LogP contribution in [0.2, 0.25) is 0 Å². The van der Waals surface area contributed by atoms with Crippen LogP contribution in [0.3, 0.4) is 0 Å². The Morgan fingerprint density at radius 2 is 2.09 bits per heavy atom. The van der Waals surface area contributed by atoms with E-state index in [2.05, 4.69) is 36.5 Å². The molecule has 4 heteroatoms. The number of aliphatic imine (C=N–C) groups is 1. The highest BCUT2D eigenvalue weighted by Gasteiger charge is 2.12. The largest absolute Gasteiger partial charge is 0.326 e. The molecule has 0 amide bonds. The van der Waals surface area contributed by atoms with Gasteiger partial charge in [0, 0.05) is 0 Å². The minimum atomic E-state index is 0.689. The fraction of sp³-hybridized carbons (Fsp3) is 0.857. The van der Waals surface area contributed by atoms with E-state index < -0.39 is 0 Å². The predicted octanol–water partition coefficient (Wildman–Crippen LogP) is 1.40. The Morgan fingerprint density at radius 3 is 2.55 bits per heavy atom. The number of halogens is 1. The van der Waals surface area contributed by atoms with Crippen molar-refractivity contribution in [3.63, 3.8) is 0 Å². The second-order valence-corrected chi connectivity index (χ2v) is 3.61. The molecule has 0 radical (unpaired) electrons. The quantitative estimate of drug-likeness (QED) is 0.278. The average Bonchev–Trinajstić information content (AvgIpc) is 1.87. The minimum absolute atomic E-state index is 0.689. The summed E-state index contributed by atoms with van der Waals surface area (Å²) in [5.41, 5.74) is 0. The van der Waals surface area contributed by atoms with Gasteiger partial charge in [0.15, 0.2) is 0 Å². The zero-order chi connectivity index (χ0) is 8.74. The highest BCUT2D eigenvalue weighted by Crippen LogP contribution is 1.96. The highest BCUT2D eigenvalue weighted by atomic mass is 35.5. The van der Waals surface area contributed by atoms with Crippen molar-refractivity contribution in [2.75, 3.05) is 39.6 Å². The number of thiocarbonyl (C=S) groups is 1. The molecule has 0 rings (SSSR count). The number of rotatable bonds is 5. The topological polar surface area (TPSA) is 12.4 Å². The Kier molecular flexibility index (Phi) is 5.69. The lowest BCUT2D eigenvalue weighted by Crippen LogP contribution is -2.43. The third kappa shape index (κ3) is 6.45. The van der Waals surface area contributed by atoms with Gasteiger partial charge < -0.3 is 4.48 Å². The Balaban J connectivity index is 3.62. The summed E-state index contributed by atoms with van der Waals surface area (Å²) in [6, 6.07) is 0. The zero-order valence-corrected chi connectivity index (χ0v) is 8.58. The van der Waals surface area contributed by atoms with E-state index in [1.807, 2.05) is 0 Å². The molecule has 0 aromatic carbocycles. The average molecular weight is 194 g/mol. The number of hydrogen-bond donors (Lipinski definition) is 0. The molecule has 0 N–H and O–H groups in total. The molecule has 0 aliphatic carbocycles. The summed E-state index contributed by atoms with van der Waals surface area (Å²) in [5, 5.41) is 2.35. The van der Waals surface area contributed by atoms with Gasteiger partial charge in [0.1, 0.15) is 0 Å². The van der Waals surface area contributed by atoms with E-state index in [9.17, 15) is 0 Å². The van der Waals surface area contributed by atoms with Gasteiger partial charge in [0.25, 0.3) is 0 Å². The van der Waals surface area contributed by atoms with Gasteiger partial charge in [-0.2, -0.15) is 0 Å². The number of likely N-dealkylation sites (N-methyl/N-ethyl adjacent to an activating group) is 1. The van der Waals surface area contributed by atoms with Gasteiger partial charge in [-0.25, -0.2) is 4.99 Å². The number of nitrogens with zero attached hydrogens (tertiary/aromatic N) is 2. The standard InChI is InChI=1S/C7H14ClN2S/c1-10(2,5-3-8)6-4-9-7-11/h3-6H2,1-2H3/q+1. The molecule has 0 aromatic heterocycles. The smallest absolute Gasteiger partial charge is 0.0989 e. The fourth-order valence-corrected chi connectivity index (χ4v) is 1.26. The molecular formula is C7H14ClN2S+. The van der Waals surface area contributed by atoms with E-state index in [4.69, 9.17) is 11.6 Å². The molecule has 0 fully saturated rings. The van der Waals surface area contributed by atoms with Crippen LogP contribution in [0.5, 0.6) is 0 Å². The summed E-state index contributed by atoms with van der Waals surface area (Å²) < 4.78 is 0.893. The Morgan fingerprint density at radius 1 is 1.45 bits per heavy atom. The number of hydrogen-bond acceptors (Lipinski definition) is 2. The van der Waals surface area contributed by atoms with Crippen LogP contribution in [-0.2, 0) is 0 Å². The number of isothiocyanates is 1. The van der Waals surface area contributed by atoms with E-state index >= 15 is 0 Å². The van der Waals surface area contributed by atoms with Gasteiger partial charge >= 0.3 is 0 Å². The Labute approximate surface area is 78.5 Å². The van der Waals surface area contributed by atoms with Crippen molar-refractivity contribution in [2.45, 2.75) is 0 Å². The first kappa shape index (κ1) is 11.1. The molecule has 0 heterocycles. The van der Waals surface area contributed by atoms with Crippen molar-refractivity contribution in [1.82, 2.24) is 0 Å². The monoisotopic (exact) mass is 193 g/mol. The maximum Gasteiger partial charge on any atom is 0.0989 e. The molecule has 11 heavy (non-hydrogen) atoms. The fourth-order valence-electron chi connectivity index (χ4n) is 0.707. The lowest BCUT2D eigenvalue weighted by Gasteiger charge is -2.27. The second kappa shape index (κ2) is 5.67. The third-order valence-corrected chi connectivity index (χ3v) is 1.87. The minimum Gasteiger partial charge on any atom is -0.326 e. The van der Waals surface area contributed by atoms with Crippen LogP contribution >= 0.6 is 23.8 Å². The lowest BCUT2D eigenvalue weighted by molar-refractivity contribution is -0.886. The van der Waals surface area contributed by atoms with Crippen molar-refractivity contribution in [1.29, 1.82) is 0 Å². The van der Waals surface area contributed by atoms with E-state index in [0.29, 0.717) is 5.88 Å². The third-order valence-electron chi connectivity index (χ3n) is 1.57. The number of alkyl halides is 1.